The summed E-state index contributed by atoms with van der Waals surface area (Å²) in [6.07, 6.45) is 1.87. The van der Waals surface area contributed by atoms with E-state index in [4.69, 9.17) is 30.8 Å². The smallest absolute Gasteiger partial charge is 0.337 e. The number of esters is 1. The van der Waals surface area contributed by atoms with Gasteiger partial charge in [0, 0.05) is 17.4 Å². The van der Waals surface area contributed by atoms with Crippen molar-refractivity contribution >= 4 is 28.6 Å². The average Bonchev–Trinajstić information content (AvgIpc) is 3.22. The molecular formula is C22H18ClN3O4. The Morgan fingerprint density at radius 3 is 2.37 bits per heavy atom. The molecule has 2 aromatic carbocycles. The highest BCUT2D eigenvalue weighted by molar-refractivity contribution is 6.32. The summed E-state index contributed by atoms with van der Waals surface area (Å²) in [5.41, 5.74) is 2.69. The summed E-state index contributed by atoms with van der Waals surface area (Å²) in [6, 6.07) is 14.3. The second-order valence-electron chi connectivity index (χ2n) is 6.37. The van der Waals surface area contributed by atoms with Crippen LogP contribution in [0.2, 0.25) is 5.02 Å². The highest BCUT2D eigenvalue weighted by Gasteiger charge is 2.16. The van der Waals surface area contributed by atoms with Crippen LogP contribution < -0.4 is 9.47 Å². The fourth-order valence-corrected chi connectivity index (χ4v) is 3.42. The predicted molar refractivity (Wildman–Crippen MR) is 114 cm³/mol. The van der Waals surface area contributed by atoms with Gasteiger partial charge in [0.05, 0.1) is 37.3 Å². The Morgan fingerprint density at radius 1 is 0.967 bits per heavy atom. The Bertz CT molecular complexity index is 1240. The largest absolute Gasteiger partial charge is 0.495 e. The maximum Gasteiger partial charge on any atom is 0.337 e. The van der Waals surface area contributed by atoms with Crippen molar-refractivity contribution in [3.8, 4) is 28.7 Å². The predicted octanol–water partition coefficient (Wildman–Crippen LogP) is 4.54. The first-order valence-corrected chi connectivity index (χ1v) is 9.39. The third-order valence-electron chi connectivity index (χ3n) is 4.68. The standard InChI is InChI=1S/C22H18ClN3O4/c1-28-18-9-6-14(12-17(18)23)19-24-20-16(21(25-19)29-2)10-11-26(20)15-7-4-13(5-8-15)22(27)30-3/h4-12H,1-3H3. The Labute approximate surface area is 177 Å². The molecule has 0 fully saturated rings. The van der Waals surface area contributed by atoms with Gasteiger partial charge >= 0.3 is 5.97 Å². The molecule has 0 N–H and O–H groups in total. The number of fused-ring (bicyclic) bond motifs is 1. The summed E-state index contributed by atoms with van der Waals surface area (Å²) in [5.74, 6) is 1.10. The lowest BCUT2D eigenvalue weighted by molar-refractivity contribution is 0.0600. The first kappa shape index (κ1) is 19.7. The average molecular weight is 424 g/mol. The van der Waals surface area contributed by atoms with Crippen LogP contribution in [0.5, 0.6) is 11.6 Å². The molecule has 0 aliphatic rings. The van der Waals surface area contributed by atoms with E-state index in [0.717, 1.165) is 16.6 Å². The van der Waals surface area contributed by atoms with Gasteiger partial charge in [0.15, 0.2) is 11.5 Å². The lowest BCUT2D eigenvalue weighted by Gasteiger charge is -2.10. The zero-order chi connectivity index (χ0) is 21.3. The fourth-order valence-electron chi connectivity index (χ4n) is 3.16. The van der Waals surface area contributed by atoms with Crippen molar-refractivity contribution < 1.29 is 19.0 Å². The zero-order valence-corrected chi connectivity index (χ0v) is 17.3. The van der Waals surface area contributed by atoms with Gasteiger partial charge in [-0.3, -0.25) is 0 Å². The van der Waals surface area contributed by atoms with Gasteiger partial charge in [-0.25, -0.2) is 9.78 Å². The minimum atomic E-state index is -0.387. The Balaban J connectivity index is 1.84. The minimum Gasteiger partial charge on any atom is -0.495 e. The number of carbonyl (C=O) groups is 1. The number of methoxy groups -OCH3 is 3. The lowest BCUT2D eigenvalue weighted by Crippen LogP contribution is -2.02. The zero-order valence-electron chi connectivity index (χ0n) is 16.5. The second-order valence-corrected chi connectivity index (χ2v) is 6.77. The summed E-state index contributed by atoms with van der Waals surface area (Å²) < 4.78 is 17.4. The number of rotatable bonds is 5. The van der Waals surface area contributed by atoms with Crippen LogP contribution in [0.1, 0.15) is 10.4 Å². The molecule has 8 heteroatoms. The van der Waals surface area contributed by atoms with E-state index in [-0.39, 0.29) is 5.97 Å². The van der Waals surface area contributed by atoms with Gasteiger partial charge in [-0.1, -0.05) is 11.6 Å². The van der Waals surface area contributed by atoms with Crippen LogP contribution in [-0.2, 0) is 4.74 Å². The van der Waals surface area contributed by atoms with E-state index in [2.05, 4.69) is 4.98 Å². The van der Waals surface area contributed by atoms with Gasteiger partial charge < -0.3 is 18.8 Å². The molecule has 0 saturated heterocycles. The molecule has 0 saturated carbocycles. The lowest BCUT2D eigenvalue weighted by atomic mass is 10.2. The molecule has 0 amide bonds. The number of aromatic nitrogens is 3. The maximum absolute atomic E-state index is 11.7. The molecule has 0 spiro atoms. The van der Waals surface area contributed by atoms with E-state index in [1.165, 1.54) is 7.11 Å². The van der Waals surface area contributed by atoms with Crippen molar-refractivity contribution in [1.82, 2.24) is 14.5 Å². The first-order valence-electron chi connectivity index (χ1n) is 9.01. The topological polar surface area (TPSA) is 75.5 Å². The Hall–Kier alpha value is -3.58. The number of hydrogen-bond acceptors (Lipinski definition) is 6. The summed E-state index contributed by atoms with van der Waals surface area (Å²) in [4.78, 5) is 21.0. The summed E-state index contributed by atoms with van der Waals surface area (Å²) in [7, 11) is 4.48. The van der Waals surface area contributed by atoms with E-state index < -0.39 is 0 Å². The fraction of sp³-hybridized carbons (Fsp3) is 0.136. The van der Waals surface area contributed by atoms with Crippen LogP contribution in [0.3, 0.4) is 0 Å². The molecule has 0 radical (unpaired) electrons. The molecule has 152 valence electrons. The summed E-state index contributed by atoms with van der Waals surface area (Å²) in [5, 5.41) is 1.23. The van der Waals surface area contributed by atoms with Crippen molar-refractivity contribution in [2.24, 2.45) is 0 Å². The Morgan fingerprint density at radius 2 is 1.73 bits per heavy atom. The number of ether oxygens (including phenoxy) is 3. The molecule has 0 atom stereocenters. The van der Waals surface area contributed by atoms with Crippen LogP contribution in [0.4, 0.5) is 0 Å². The Kier molecular flexibility index (Phi) is 5.29. The molecule has 0 bridgehead atoms. The van der Waals surface area contributed by atoms with Crippen molar-refractivity contribution in [2.45, 2.75) is 0 Å². The molecule has 4 aromatic rings. The number of benzene rings is 2. The molecule has 4 rings (SSSR count). The molecule has 7 nitrogen and oxygen atoms in total. The molecule has 2 aromatic heterocycles. The number of hydrogen-bond donors (Lipinski definition) is 0. The molecular weight excluding hydrogens is 406 g/mol. The van der Waals surface area contributed by atoms with Crippen LogP contribution in [-0.4, -0.2) is 41.8 Å². The van der Waals surface area contributed by atoms with Crippen molar-refractivity contribution in [3.05, 3.63) is 65.3 Å². The summed E-state index contributed by atoms with van der Waals surface area (Å²) >= 11 is 6.27. The highest BCUT2D eigenvalue weighted by atomic mass is 35.5. The van der Waals surface area contributed by atoms with Crippen LogP contribution in [0, 0.1) is 0 Å². The van der Waals surface area contributed by atoms with Crippen LogP contribution in [0.15, 0.2) is 54.7 Å². The van der Waals surface area contributed by atoms with Gasteiger partial charge in [-0.15, -0.1) is 0 Å². The van der Waals surface area contributed by atoms with E-state index in [1.807, 2.05) is 35.0 Å². The molecule has 0 aliphatic carbocycles. The van der Waals surface area contributed by atoms with Gasteiger partial charge in [0.1, 0.15) is 5.75 Å². The SMILES string of the molecule is COC(=O)c1ccc(-n2ccc3c(OC)nc(-c4ccc(OC)c(Cl)c4)nc32)cc1. The normalized spacial score (nSPS) is 10.8. The summed E-state index contributed by atoms with van der Waals surface area (Å²) in [6.45, 7) is 0. The minimum absolute atomic E-state index is 0.387. The van der Waals surface area contributed by atoms with E-state index in [0.29, 0.717) is 33.7 Å². The number of nitrogens with zero attached hydrogens (tertiary/aromatic N) is 3. The van der Waals surface area contributed by atoms with E-state index in [9.17, 15) is 4.79 Å². The van der Waals surface area contributed by atoms with Gasteiger partial charge in [0.25, 0.3) is 0 Å². The first-order chi connectivity index (χ1) is 14.5. The van der Waals surface area contributed by atoms with Crippen LogP contribution in [0.25, 0.3) is 28.1 Å². The van der Waals surface area contributed by atoms with Gasteiger partial charge in [-0.05, 0) is 48.5 Å². The van der Waals surface area contributed by atoms with Crippen molar-refractivity contribution in [1.29, 1.82) is 0 Å². The second kappa shape index (κ2) is 8.04. The number of halogens is 1. The van der Waals surface area contributed by atoms with E-state index >= 15 is 0 Å². The van der Waals surface area contributed by atoms with Crippen molar-refractivity contribution in [3.63, 3.8) is 0 Å². The van der Waals surface area contributed by atoms with Crippen LogP contribution >= 0.6 is 11.6 Å². The molecule has 30 heavy (non-hydrogen) atoms. The maximum atomic E-state index is 11.7. The third kappa shape index (κ3) is 3.44. The quantitative estimate of drug-likeness (QED) is 0.438. The molecule has 0 unspecified atom stereocenters. The van der Waals surface area contributed by atoms with Gasteiger partial charge in [0.2, 0.25) is 5.88 Å². The van der Waals surface area contributed by atoms with E-state index in [1.54, 1.807) is 38.5 Å². The third-order valence-corrected chi connectivity index (χ3v) is 4.97. The van der Waals surface area contributed by atoms with Crippen molar-refractivity contribution in [2.75, 3.05) is 21.3 Å². The van der Waals surface area contributed by atoms with Gasteiger partial charge in [-0.2, -0.15) is 4.98 Å². The highest BCUT2D eigenvalue weighted by Crippen LogP contribution is 2.32. The molecule has 0 aliphatic heterocycles. The molecule has 2 heterocycles. The monoisotopic (exact) mass is 423 g/mol. The number of carbonyl (C=O) groups excluding carboxylic acids is 1.